The standard InChI is InChI=1S/C27H29N7O/c1-17-9-22(27(35)31-12-20-5-7-28-11-18(20)2)14-30-26(17)34-8-6-25-23(15-34)10-21(13-29-25)24-16-33(4)32-19(24)3/h5,7,9-11,13-14,16H,6,8,12,15H2,1-4H3,(H,31,35). The Kier molecular flexibility index (Phi) is 6.03. The Labute approximate surface area is 205 Å². The molecule has 178 valence electrons. The van der Waals surface area contributed by atoms with Crippen LogP contribution < -0.4 is 10.2 Å². The van der Waals surface area contributed by atoms with Crippen LogP contribution >= 0.6 is 0 Å². The molecular weight excluding hydrogens is 438 g/mol. The van der Waals surface area contributed by atoms with Gasteiger partial charge in [-0.3, -0.25) is 19.4 Å². The molecule has 0 aromatic carbocycles. The molecule has 0 saturated carbocycles. The van der Waals surface area contributed by atoms with Gasteiger partial charge in [0.2, 0.25) is 0 Å². The highest BCUT2D eigenvalue weighted by molar-refractivity contribution is 5.94. The fourth-order valence-electron chi connectivity index (χ4n) is 4.64. The maximum atomic E-state index is 12.7. The third-order valence-corrected chi connectivity index (χ3v) is 6.55. The Morgan fingerprint density at radius 1 is 1.09 bits per heavy atom. The maximum Gasteiger partial charge on any atom is 0.253 e. The van der Waals surface area contributed by atoms with Crippen LogP contribution in [0.5, 0.6) is 0 Å². The van der Waals surface area contributed by atoms with Crippen LogP contribution in [0, 0.1) is 20.8 Å². The number of carbonyl (C=O) groups is 1. The van der Waals surface area contributed by atoms with Gasteiger partial charge in [-0.2, -0.15) is 5.10 Å². The van der Waals surface area contributed by atoms with Crippen molar-refractivity contribution in [2.75, 3.05) is 11.4 Å². The Hall–Kier alpha value is -4.07. The van der Waals surface area contributed by atoms with E-state index >= 15 is 0 Å². The highest BCUT2D eigenvalue weighted by Crippen LogP contribution is 2.29. The molecule has 35 heavy (non-hydrogen) atoms. The second-order valence-corrected chi connectivity index (χ2v) is 9.15. The molecular formula is C27H29N7O. The number of nitrogens with zero attached hydrogens (tertiary/aromatic N) is 6. The van der Waals surface area contributed by atoms with Crippen LogP contribution in [0.25, 0.3) is 11.1 Å². The van der Waals surface area contributed by atoms with E-state index in [1.165, 1.54) is 5.56 Å². The first-order chi connectivity index (χ1) is 16.9. The molecule has 1 amide bonds. The second-order valence-electron chi connectivity index (χ2n) is 9.15. The molecule has 5 heterocycles. The van der Waals surface area contributed by atoms with Gasteiger partial charge in [0, 0.05) is 80.9 Å². The Morgan fingerprint density at radius 3 is 2.69 bits per heavy atom. The van der Waals surface area contributed by atoms with Crippen LogP contribution in [0.4, 0.5) is 5.82 Å². The number of anilines is 1. The van der Waals surface area contributed by atoms with Crippen LogP contribution in [-0.4, -0.2) is 37.2 Å². The SMILES string of the molecule is Cc1cnccc1CNC(=O)c1cnc(N2CCc3ncc(-c4cn(C)nc4C)cc3C2)c(C)c1. The summed E-state index contributed by atoms with van der Waals surface area (Å²) < 4.78 is 1.83. The van der Waals surface area contributed by atoms with Crippen molar-refractivity contribution < 1.29 is 4.79 Å². The summed E-state index contributed by atoms with van der Waals surface area (Å²) >= 11 is 0. The number of pyridine rings is 3. The molecule has 0 saturated heterocycles. The van der Waals surface area contributed by atoms with Crippen molar-refractivity contribution >= 4 is 11.7 Å². The van der Waals surface area contributed by atoms with Gasteiger partial charge in [0.25, 0.3) is 5.91 Å². The molecule has 0 bridgehead atoms. The summed E-state index contributed by atoms with van der Waals surface area (Å²) in [6, 6.07) is 6.06. The predicted molar refractivity (Wildman–Crippen MR) is 135 cm³/mol. The molecule has 4 aromatic rings. The van der Waals surface area contributed by atoms with Crippen LogP contribution in [-0.2, 0) is 26.6 Å². The number of rotatable bonds is 5. The second kappa shape index (κ2) is 9.29. The first-order valence-electron chi connectivity index (χ1n) is 11.8. The molecule has 0 aliphatic carbocycles. The van der Waals surface area contributed by atoms with E-state index in [2.05, 4.69) is 31.3 Å². The summed E-state index contributed by atoms with van der Waals surface area (Å²) in [6.45, 7) is 8.05. The molecule has 1 N–H and O–H groups in total. The smallest absolute Gasteiger partial charge is 0.253 e. The van der Waals surface area contributed by atoms with Gasteiger partial charge in [0.1, 0.15) is 5.82 Å². The molecule has 8 nitrogen and oxygen atoms in total. The summed E-state index contributed by atoms with van der Waals surface area (Å²) in [5.74, 6) is 0.771. The lowest BCUT2D eigenvalue weighted by molar-refractivity contribution is 0.0950. The van der Waals surface area contributed by atoms with E-state index < -0.39 is 0 Å². The maximum absolute atomic E-state index is 12.7. The highest BCUT2D eigenvalue weighted by Gasteiger charge is 2.22. The van der Waals surface area contributed by atoms with Gasteiger partial charge in [-0.15, -0.1) is 0 Å². The number of amides is 1. The van der Waals surface area contributed by atoms with Crippen molar-refractivity contribution in [3.8, 4) is 11.1 Å². The molecule has 0 radical (unpaired) electrons. The normalized spacial score (nSPS) is 13.0. The zero-order valence-corrected chi connectivity index (χ0v) is 20.5. The van der Waals surface area contributed by atoms with E-state index in [1.807, 2.05) is 57.0 Å². The van der Waals surface area contributed by atoms with Gasteiger partial charge >= 0.3 is 0 Å². The Bertz CT molecular complexity index is 1410. The zero-order valence-electron chi connectivity index (χ0n) is 20.5. The predicted octanol–water partition coefficient (Wildman–Crippen LogP) is 3.69. The minimum Gasteiger partial charge on any atom is -0.352 e. The number of hydrogen-bond donors (Lipinski definition) is 1. The van der Waals surface area contributed by atoms with Crippen molar-refractivity contribution in [2.24, 2.45) is 7.05 Å². The monoisotopic (exact) mass is 467 g/mol. The molecule has 8 heteroatoms. The number of aromatic nitrogens is 5. The third kappa shape index (κ3) is 4.64. The van der Waals surface area contributed by atoms with E-state index in [0.29, 0.717) is 12.1 Å². The van der Waals surface area contributed by atoms with Crippen LogP contribution in [0.15, 0.2) is 49.2 Å². The van der Waals surface area contributed by atoms with Gasteiger partial charge in [-0.1, -0.05) is 0 Å². The van der Waals surface area contributed by atoms with Crippen LogP contribution in [0.1, 0.15) is 44.0 Å². The van der Waals surface area contributed by atoms with Gasteiger partial charge in [-0.05, 0) is 61.2 Å². The van der Waals surface area contributed by atoms with Crippen molar-refractivity contribution in [2.45, 2.75) is 40.3 Å². The van der Waals surface area contributed by atoms with E-state index in [9.17, 15) is 4.79 Å². The first-order valence-corrected chi connectivity index (χ1v) is 11.8. The quantitative estimate of drug-likeness (QED) is 0.482. The van der Waals surface area contributed by atoms with Crippen LogP contribution in [0.3, 0.4) is 0 Å². The average Bonchev–Trinajstić information content (AvgIpc) is 3.20. The molecule has 0 spiro atoms. The summed E-state index contributed by atoms with van der Waals surface area (Å²) in [5, 5.41) is 7.45. The number of carbonyl (C=O) groups excluding carboxylic acids is 1. The summed E-state index contributed by atoms with van der Waals surface area (Å²) in [7, 11) is 1.93. The minimum atomic E-state index is -0.131. The average molecular weight is 468 g/mol. The van der Waals surface area contributed by atoms with Crippen molar-refractivity contribution in [3.05, 3.63) is 88.4 Å². The zero-order chi connectivity index (χ0) is 24.5. The van der Waals surface area contributed by atoms with Crippen molar-refractivity contribution in [3.63, 3.8) is 0 Å². The van der Waals surface area contributed by atoms with E-state index in [-0.39, 0.29) is 5.91 Å². The summed E-state index contributed by atoms with van der Waals surface area (Å²) in [4.78, 5) is 28.5. The lowest BCUT2D eigenvalue weighted by Gasteiger charge is -2.30. The molecule has 0 fully saturated rings. The highest BCUT2D eigenvalue weighted by atomic mass is 16.1. The van der Waals surface area contributed by atoms with Crippen molar-refractivity contribution in [1.82, 2.24) is 30.0 Å². The molecule has 1 aliphatic heterocycles. The molecule has 4 aromatic heterocycles. The summed E-state index contributed by atoms with van der Waals surface area (Å²) in [5.41, 5.74) is 9.16. The Morgan fingerprint density at radius 2 is 1.94 bits per heavy atom. The van der Waals surface area contributed by atoms with E-state index in [0.717, 1.165) is 64.5 Å². The van der Waals surface area contributed by atoms with Crippen molar-refractivity contribution in [1.29, 1.82) is 0 Å². The van der Waals surface area contributed by atoms with E-state index in [4.69, 9.17) is 4.98 Å². The largest absolute Gasteiger partial charge is 0.352 e. The van der Waals surface area contributed by atoms with Gasteiger partial charge in [-0.25, -0.2) is 4.98 Å². The fourth-order valence-corrected chi connectivity index (χ4v) is 4.64. The number of nitrogens with one attached hydrogen (secondary N) is 1. The fraction of sp³-hybridized carbons (Fsp3) is 0.296. The Balaban J connectivity index is 1.31. The lowest BCUT2D eigenvalue weighted by Crippen LogP contribution is -2.32. The lowest BCUT2D eigenvalue weighted by atomic mass is 10.0. The van der Waals surface area contributed by atoms with Gasteiger partial charge < -0.3 is 10.2 Å². The molecule has 5 rings (SSSR count). The van der Waals surface area contributed by atoms with Gasteiger partial charge in [0.15, 0.2) is 0 Å². The van der Waals surface area contributed by atoms with Crippen LogP contribution in [0.2, 0.25) is 0 Å². The third-order valence-electron chi connectivity index (χ3n) is 6.55. The number of hydrogen-bond acceptors (Lipinski definition) is 6. The molecule has 0 atom stereocenters. The molecule has 1 aliphatic rings. The topological polar surface area (TPSA) is 88.8 Å². The number of aryl methyl sites for hydroxylation is 4. The minimum absolute atomic E-state index is 0.131. The summed E-state index contributed by atoms with van der Waals surface area (Å²) in [6.07, 6.45) is 10.0. The first kappa shape index (κ1) is 22.7. The van der Waals surface area contributed by atoms with Gasteiger partial charge in [0.05, 0.1) is 11.3 Å². The van der Waals surface area contributed by atoms with E-state index in [1.54, 1.807) is 18.6 Å². The number of fused-ring (bicyclic) bond motifs is 1. The molecule has 0 unspecified atom stereocenters.